The van der Waals surface area contributed by atoms with Crippen molar-refractivity contribution in [2.75, 3.05) is 13.7 Å². The number of hydrogen-bond acceptors (Lipinski definition) is 5. The smallest absolute Gasteiger partial charge is 0.289 e. The van der Waals surface area contributed by atoms with E-state index in [1.807, 2.05) is 25.1 Å². The van der Waals surface area contributed by atoms with Crippen LogP contribution in [0.1, 0.15) is 34.6 Å². The molecule has 0 radical (unpaired) electrons. The van der Waals surface area contributed by atoms with Gasteiger partial charge in [0.2, 0.25) is 5.76 Å². The number of methoxy groups -OCH3 is 1. The van der Waals surface area contributed by atoms with Crippen LogP contribution in [0.5, 0.6) is 11.5 Å². The van der Waals surface area contributed by atoms with E-state index in [1.54, 1.807) is 14.0 Å². The number of oxazole rings is 1. The maximum Gasteiger partial charge on any atom is 0.289 e. The fourth-order valence-electron chi connectivity index (χ4n) is 2.71. The average molecular weight is 316 g/mol. The molecule has 2 aromatic rings. The molecule has 0 bridgehead atoms. The number of ether oxygens (including phenoxy) is 2. The number of benzene rings is 1. The number of nitrogens with one attached hydrogen (secondary N) is 1. The summed E-state index contributed by atoms with van der Waals surface area (Å²) in [5.41, 5.74) is 1.63. The van der Waals surface area contributed by atoms with Gasteiger partial charge in [0.1, 0.15) is 6.61 Å². The zero-order chi connectivity index (χ0) is 16.4. The number of carbonyl (C=O) groups is 1. The highest BCUT2D eigenvalue weighted by molar-refractivity contribution is 5.92. The van der Waals surface area contributed by atoms with Crippen LogP contribution < -0.4 is 14.8 Å². The fraction of sp³-hybridized carbons (Fsp3) is 0.412. The van der Waals surface area contributed by atoms with E-state index in [4.69, 9.17) is 13.9 Å². The second-order valence-corrected chi connectivity index (χ2v) is 5.51. The number of fused-ring (bicyclic) bond motifs is 1. The molecule has 1 atom stereocenters. The Bertz CT molecular complexity index is 723. The third-order valence-electron chi connectivity index (χ3n) is 3.86. The number of para-hydroxylation sites is 1. The molecule has 1 N–H and O–H groups in total. The Labute approximate surface area is 134 Å². The number of hydrogen-bond donors (Lipinski definition) is 1. The molecule has 23 heavy (non-hydrogen) atoms. The average Bonchev–Trinajstić information content (AvgIpc) is 2.95. The summed E-state index contributed by atoms with van der Waals surface area (Å²) in [5.74, 6) is 2.06. The molecular weight excluding hydrogens is 296 g/mol. The van der Waals surface area contributed by atoms with Crippen LogP contribution in [0, 0.1) is 6.92 Å². The molecule has 1 amide bonds. The van der Waals surface area contributed by atoms with E-state index in [0.29, 0.717) is 36.8 Å². The van der Waals surface area contributed by atoms with Gasteiger partial charge in [-0.2, -0.15) is 0 Å². The van der Waals surface area contributed by atoms with Crippen LogP contribution in [0.25, 0.3) is 0 Å². The highest BCUT2D eigenvalue weighted by atomic mass is 16.5. The summed E-state index contributed by atoms with van der Waals surface area (Å²) in [7, 11) is 1.62. The van der Waals surface area contributed by atoms with Crippen molar-refractivity contribution in [1.82, 2.24) is 10.3 Å². The third-order valence-corrected chi connectivity index (χ3v) is 3.86. The van der Waals surface area contributed by atoms with E-state index >= 15 is 0 Å². The minimum absolute atomic E-state index is 0.114. The fourth-order valence-corrected chi connectivity index (χ4v) is 2.71. The van der Waals surface area contributed by atoms with Gasteiger partial charge in [-0.15, -0.1) is 0 Å². The molecule has 2 heterocycles. The molecule has 6 heteroatoms. The maximum absolute atomic E-state index is 12.4. The predicted molar refractivity (Wildman–Crippen MR) is 84.1 cm³/mol. The number of aromatic nitrogens is 1. The number of aryl methyl sites for hydroxylation is 2. The van der Waals surface area contributed by atoms with Gasteiger partial charge in [-0.05, 0) is 19.4 Å². The van der Waals surface area contributed by atoms with Crippen LogP contribution in [0.2, 0.25) is 0 Å². The quantitative estimate of drug-likeness (QED) is 0.937. The first kappa shape index (κ1) is 15.4. The van der Waals surface area contributed by atoms with Crippen LogP contribution in [0.3, 0.4) is 0 Å². The second-order valence-electron chi connectivity index (χ2n) is 5.51. The predicted octanol–water partition coefficient (Wildman–Crippen LogP) is 2.29. The largest absolute Gasteiger partial charge is 0.493 e. The molecule has 3 rings (SSSR count). The normalized spacial score (nSPS) is 16.4. The van der Waals surface area contributed by atoms with Gasteiger partial charge in [0.15, 0.2) is 17.4 Å². The van der Waals surface area contributed by atoms with E-state index in [-0.39, 0.29) is 17.7 Å². The number of amides is 1. The zero-order valence-corrected chi connectivity index (χ0v) is 13.5. The summed E-state index contributed by atoms with van der Waals surface area (Å²) in [6, 6.07) is 5.64. The molecule has 0 saturated carbocycles. The summed E-state index contributed by atoms with van der Waals surface area (Å²) in [4.78, 5) is 16.6. The molecule has 1 unspecified atom stereocenters. The minimum Gasteiger partial charge on any atom is -0.493 e. The van der Waals surface area contributed by atoms with Crippen LogP contribution in [0.15, 0.2) is 22.6 Å². The molecule has 0 aliphatic carbocycles. The monoisotopic (exact) mass is 316 g/mol. The van der Waals surface area contributed by atoms with Crippen LogP contribution in [0.4, 0.5) is 0 Å². The van der Waals surface area contributed by atoms with Gasteiger partial charge in [-0.1, -0.05) is 19.1 Å². The van der Waals surface area contributed by atoms with Crippen molar-refractivity contribution in [1.29, 1.82) is 0 Å². The first-order valence-electron chi connectivity index (χ1n) is 7.68. The highest BCUT2D eigenvalue weighted by Crippen LogP contribution is 2.34. The van der Waals surface area contributed by atoms with Gasteiger partial charge < -0.3 is 19.2 Å². The number of carbonyl (C=O) groups excluding carboxylic acids is 1. The van der Waals surface area contributed by atoms with Crippen molar-refractivity contribution in [2.24, 2.45) is 0 Å². The van der Waals surface area contributed by atoms with Gasteiger partial charge >= 0.3 is 0 Å². The van der Waals surface area contributed by atoms with Gasteiger partial charge in [-0.3, -0.25) is 4.79 Å². The minimum atomic E-state index is -0.255. The number of rotatable bonds is 4. The van der Waals surface area contributed by atoms with Crippen molar-refractivity contribution < 1.29 is 18.7 Å². The summed E-state index contributed by atoms with van der Waals surface area (Å²) in [5, 5.41) is 2.95. The molecule has 6 nitrogen and oxygen atoms in total. The number of nitrogens with zero attached hydrogens (tertiary/aromatic N) is 1. The first-order chi connectivity index (χ1) is 11.1. The molecule has 1 aliphatic rings. The van der Waals surface area contributed by atoms with Gasteiger partial charge in [0, 0.05) is 12.0 Å². The molecule has 0 fully saturated rings. The van der Waals surface area contributed by atoms with E-state index in [9.17, 15) is 4.79 Å². The van der Waals surface area contributed by atoms with Crippen molar-refractivity contribution in [3.05, 3.63) is 41.1 Å². The lowest BCUT2D eigenvalue weighted by atomic mass is 10.0. The van der Waals surface area contributed by atoms with Crippen molar-refractivity contribution in [2.45, 2.75) is 32.7 Å². The van der Waals surface area contributed by atoms with E-state index in [0.717, 1.165) is 11.3 Å². The molecule has 1 aliphatic heterocycles. The lowest BCUT2D eigenvalue weighted by Gasteiger charge is -2.26. The molecule has 1 aromatic heterocycles. The van der Waals surface area contributed by atoms with Gasteiger partial charge in [0.25, 0.3) is 5.91 Å². The summed E-state index contributed by atoms with van der Waals surface area (Å²) in [6.07, 6.45) is 1.35. The van der Waals surface area contributed by atoms with Gasteiger partial charge in [-0.25, -0.2) is 4.98 Å². The Hall–Kier alpha value is -2.50. The lowest BCUT2D eigenvalue weighted by molar-refractivity contribution is 0.0884. The third kappa shape index (κ3) is 3.02. The summed E-state index contributed by atoms with van der Waals surface area (Å²) >= 11 is 0. The Morgan fingerprint density at radius 2 is 2.30 bits per heavy atom. The van der Waals surface area contributed by atoms with Crippen molar-refractivity contribution >= 4 is 5.91 Å². The maximum atomic E-state index is 12.4. The SMILES string of the molecule is CCc1nc(C)c(C(=O)NC2COc3c(cccc3OC)C2)o1. The molecule has 122 valence electrons. The van der Waals surface area contributed by atoms with E-state index < -0.39 is 0 Å². The van der Waals surface area contributed by atoms with Crippen LogP contribution >= 0.6 is 0 Å². The van der Waals surface area contributed by atoms with E-state index in [1.165, 1.54) is 0 Å². The Morgan fingerprint density at radius 1 is 1.48 bits per heavy atom. The molecule has 0 spiro atoms. The lowest BCUT2D eigenvalue weighted by Crippen LogP contribution is -2.42. The summed E-state index contributed by atoms with van der Waals surface area (Å²) < 4.78 is 16.5. The van der Waals surface area contributed by atoms with Crippen molar-refractivity contribution in [3.63, 3.8) is 0 Å². The Balaban J connectivity index is 1.72. The highest BCUT2D eigenvalue weighted by Gasteiger charge is 2.26. The topological polar surface area (TPSA) is 73.6 Å². The molecule has 0 saturated heterocycles. The Morgan fingerprint density at radius 3 is 3.00 bits per heavy atom. The Kier molecular flexibility index (Phi) is 4.23. The zero-order valence-electron chi connectivity index (χ0n) is 13.5. The summed E-state index contributed by atoms with van der Waals surface area (Å²) in [6.45, 7) is 4.11. The van der Waals surface area contributed by atoms with Crippen molar-refractivity contribution in [3.8, 4) is 11.5 Å². The van der Waals surface area contributed by atoms with Gasteiger partial charge in [0.05, 0.1) is 18.8 Å². The molecule has 1 aromatic carbocycles. The first-order valence-corrected chi connectivity index (χ1v) is 7.68. The second kappa shape index (κ2) is 6.32. The van der Waals surface area contributed by atoms with Crippen LogP contribution in [-0.2, 0) is 12.8 Å². The van der Waals surface area contributed by atoms with Crippen LogP contribution in [-0.4, -0.2) is 30.6 Å². The molecular formula is C17H20N2O4. The standard InChI is InChI=1S/C17H20N2O4/c1-4-14-18-10(2)15(23-14)17(20)19-12-8-11-6-5-7-13(21-3)16(11)22-9-12/h5-7,12H,4,8-9H2,1-3H3,(H,19,20). The van der Waals surface area contributed by atoms with E-state index in [2.05, 4.69) is 10.3 Å².